The van der Waals surface area contributed by atoms with Gasteiger partial charge in [-0.25, -0.2) is 0 Å². The van der Waals surface area contributed by atoms with Gasteiger partial charge in [-0.3, -0.25) is 4.90 Å². The predicted octanol–water partition coefficient (Wildman–Crippen LogP) is 3.88. The van der Waals surface area contributed by atoms with Crippen molar-refractivity contribution in [2.24, 2.45) is 11.7 Å². The first-order valence-corrected chi connectivity index (χ1v) is 8.65. The van der Waals surface area contributed by atoms with E-state index in [9.17, 15) is 0 Å². The normalized spacial score (nSPS) is 27.6. The first-order valence-electron chi connectivity index (χ1n) is 8.65. The quantitative estimate of drug-likeness (QED) is 0.914. The van der Waals surface area contributed by atoms with E-state index in [1.54, 1.807) is 5.56 Å². The Morgan fingerprint density at radius 3 is 2.38 bits per heavy atom. The van der Waals surface area contributed by atoms with Gasteiger partial charge in [-0.2, -0.15) is 0 Å². The minimum Gasteiger partial charge on any atom is -0.330 e. The van der Waals surface area contributed by atoms with E-state index in [0.29, 0.717) is 12.0 Å². The highest BCUT2D eigenvalue weighted by Crippen LogP contribution is 2.42. The van der Waals surface area contributed by atoms with Crippen LogP contribution in [0.4, 0.5) is 0 Å². The van der Waals surface area contributed by atoms with Crippen molar-refractivity contribution in [3.8, 4) is 0 Å². The van der Waals surface area contributed by atoms with Crippen molar-refractivity contribution < 1.29 is 0 Å². The number of rotatable bonds is 3. The summed E-state index contributed by atoms with van der Waals surface area (Å²) in [6.45, 7) is 8.83. The molecule has 2 nitrogen and oxygen atoms in total. The zero-order valence-electron chi connectivity index (χ0n) is 13.9. The lowest BCUT2D eigenvalue weighted by atomic mass is 9.85. The van der Waals surface area contributed by atoms with Crippen LogP contribution >= 0.6 is 0 Å². The molecule has 0 bridgehead atoms. The molecule has 1 aliphatic heterocycles. The third kappa shape index (κ3) is 3.02. The molecule has 2 unspecified atom stereocenters. The van der Waals surface area contributed by atoms with E-state index in [1.807, 2.05) is 0 Å². The Bertz CT molecular complexity index is 505. The van der Waals surface area contributed by atoms with E-state index in [2.05, 4.69) is 37.8 Å². The zero-order chi connectivity index (χ0) is 15.0. The molecule has 1 saturated heterocycles. The van der Waals surface area contributed by atoms with Crippen LogP contribution in [-0.4, -0.2) is 24.0 Å². The molecule has 1 heterocycles. The molecule has 2 N–H and O–H groups in total. The number of nitrogens with zero attached hydrogens (tertiary/aromatic N) is 1. The Balaban J connectivity index is 2.02. The molecule has 0 aromatic heterocycles. The van der Waals surface area contributed by atoms with Gasteiger partial charge in [0, 0.05) is 12.1 Å². The second-order valence-electron chi connectivity index (χ2n) is 7.20. The fraction of sp³-hybridized carbons (Fsp3) is 0.684. The standard InChI is InChI=1S/C19H30N2/c1-13-10-15(3)18(11-14(13)2)19-16(12-20)6-4-5-9-21(19)17-7-8-17/h10-11,16-17,19H,4-9,12,20H2,1-3H3. The molecule has 2 aliphatic rings. The topological polar surface area (TPSA) is 29.3 Å². The summed E-state index contributed by atoms with van der Waals surface area (Å²) >= 11 is 0. The number of benzene rings is 1. The average Bonchev–Trinajstić information content (AvgIpc) is 3.28. The fourth-order valence-corrected chi connectivity index (χ4v) is 4.07. The summed E-state index contributed by atoms with van der Waals surface area (Å²) in [5.41, 5.74) is 12.0. The van der Waals surface area contributed by atoms with Crippen LogP contribution in [0, 0.1) is 26.7 Å². The SMILES string of the molecule is Cc1cc(C)c(C2C(CN)CCCCN2C2CC2)cc1C. The van der Waals surface area contributed by atoms with Crippen molar-refractivity contribution in [1.29, 1.82) is 0 Å². The van der Waals surface area contributed by atoms with Crippen LogP contribution in [0.5, 0.6) is 0 Å². The Labute approximate surface area is 129 Å². The molecule has 3 rings (SSSR count). The van der Waals surface area contributed by atoms with Gasteiger partial charge >= 0.3 is 0 Å². The summed E-state index contributed by atoms with van der Waals surface area (Å²) in [5.74, 6) is 0.619. The van der Waals surface area contributed by atoms with Crippen molar-refractivity contribution in [2.45, 2.75) is 65.0 Å². The van der Waals surface area contributed by atoms with Gasteiger partial charge in [0.05, 0.1) is 0 Å². The lowest BCUT2D eigenvalue weighted by molar-refractivity contribution is 0.148. The van der Waals surface area contributed by atoms with Crippen LogP contribution in [0.25, 0.3) is 0 Å². The maximum Gasteiger partial charge on any atom is 0.0393 e. The lowest BCUT2D eigenvalue weighted by Crippen LogP contribution is -2.37. The Morgan fingerprint density at radius 1 is 1.00 bits per heavy atom. The van der Waals surface area contributed by atoms with Crippen molar-refractivity contribution in [2.75, 3.05) is 13.1 Å². The van der Waals surface area contributed by atoms with Crippen LogP contribution in [-0.2, 0) is 0 Å². The molecule has 1 aliphatic carbocycles. The minimum atomic E-state index is 0.546. The van der Waals surface area contributed by atoms with Crippen molar-refractivity contribution >= 4 is 0 Å². The fourth-order valence-electron chi connectivity index (χ4n) is 4.07. The van der Waals surface area contributed by atoms with Gasteiger partial charge in [0.2, 0.25) is 0 Å². The first-order chi connectivity index (χ1) is 10.1. The van der Waals surface area contributed by atoms with Crippen molar-refractivity contribution in [3.05, 3.63) is 34.4 Å². The highest BCUT2D eigenvalue weighted by molar-refractivity contribution is 5.39. The van der Waals surface area contributed by atoms with E-state index in [4.69, 9.17) is 5.73 Å². The molecule has 0 spiro atoms. The number of hydrogen-bond donors (Lipinski definition) is 1. The van der Waals surface area contributed by atoms with Gasteiger partial charge in [0.1, 0.15) is 0 Å². The molecular formula is C19H30N2. The van der Waals surface area contributed by atoms with Gasteiger partial charge in [-0.05, 0) is 87.7 Å². The second-order valence-corrected chi connectivity index (χ2v) is 7.20. The number of likely N-dealkylation sites (tertiary alicyclic amines) is 1. The Morgan fingerprint density at radius 2 is 1.71 bits per heavy atom. The molecule has 2 atom stereocenters. The van der Waals surface area contributed by atoms with Gasteiger partial charge in [-0.15, -0.1) is 0 Å². The van der Waals surface area contributed by atoms with Gasteiger partial charge in [-0.1, -0.05) is 18.6 Å². The summed E-state index contributed by atoms with van der Waals surface area (Å²) in [4.78, 5) is 2.79. The molecule has 0 amide bonds. The van der Waals surface area contributed by atoms with Crippen LogP contribution in [0.15, 0.2) is 12.1 Å². The van der Waals surface area contributed by atoms with Crippen LogP contribution < -0.4 is 5.73 Å². The highest BCUT2D eigenvalue weighted by Gasteiger charge is 2.39. The van der Waals surface area contributed by atoms with Gasteiger partial charge < -0.3 is 5.73 Å². The number of hydrogen-bond acceptors (Lipinski definition) is 2. The maximum atomic E-state index is 6.17. The number of aryl methyl sites for hydroxylation is 3. The molecule has 2 heteroatoms. The van der Waals surface area contributed by atoms with Crippen LogP contribution in [0.3, 0.4) is 0 Å². The molecule has 1 aromatic carbocycles. The summed E-state index contributed by atoms with van der Waals surface area (Å²) < 4.78 is 0. The molecule has 1 aromatic rings. The summed E-state index contributed by atoms with van der Waals surface area (Å²) in [6.07, 6.45) is 6.74. The lowest BCUT2D eigenvalue weighted by Gasteiger charge is -2.36. The molecule has 2 fully saturated rings. The highest BCUT2D eigenvalue weighted by atomic mass is 15.2. The Kier molecular flexibility index (Phi) is 4.37. The third-order valence-corrected chi connectivity index (χ3v) is 5.56. The molecule has 1 saturated carbocycles. The molecular weight excluding hydrogens is 256 g/mol. The summed E-state index contributed by atoms with van der Waals surface area (Å²) in [6, 6.07) is 6.18. The van der Waals surface area contributed by atoms with Crippen LogP contribution in [0.2, 0.25) is 0 Å². The summed E-state index contributed by atoms with van der Waals surface area (Å²) in [5, 5.41) is 0. The second kappa shape index (κ2) is 6.10. The van der Waals surface area contributed by atoms with Crippen molar-refractivity contribution in [3.63, 3.8) is 0 Å². The predicted molar refractivity (Wildman–Crippen MR) is 89.5 cm³/mol. The minimum absolute atomic E-state index is 0.546. The zero-order valence-corrected chi connectivity index (χ0v) is 13.9. The average molecular weight is 286 g/mol. The smallest absolute Gasteiger partial charge is 0.0393 e. The molecule has 0 radical (unpaired) electrons. The molecule has 116 valence electrons. The monoisotopic (exact) mass is 286 g/mol. The third-order valence-electron chi connectivity index (χ3n) is 5.56. The van der Waals surface area contributed by atoms with Gasteiger partial charge in [0.25, 0.3) is 0 Å². The molecule has 21 heavy (non-hydrogen) atoms. The van der Waals surface area contributed by atoms with Crippen molar-refractivity contribution in [1.82, 2.24) is 4.90 Å². The van der Waals surface area contributed by atoms with E-state index < -0.39 is 0 Å². The maximum absolute atomic E-state index is 6.17. The summed E-state index contributed by atoms with van der Waals surface area (Å²) in [7, 11) is 0. The first kappa shape index (κ1) is 15.1. The largest absolute Gasteiger partial charge is 0.330 e. The Hall–Kier alpha value is -0.860. The van der Waals surface area contributed by atoms with E-state index in [1.165, 1.54) is 55.3 Å². The van der Waals surface area contributed by atoms with E-state index in [0.717, 1.165) is 12.6 Å². The van der Waals surface area contributed by atoms with E-state index in [-0.39, 0.29) is 0 Å². The van der Waals surface area contributed by atoms with Crippen LogP contribution in [0.1, 0.15) is 60.4 Å². The van der Waals surface area contributed by atoms with E-state index >= 15 is 0 Å². The van der Waals surface area contributed by atoms with Gasteiger partial charge in [0.15, 0.2) is 0 Å². The number of nitrogens with two attached hydrogens (primary N) is 1.